The lowest BCUT2D eigenvalue weighted by molar-refractivity contribution is 0.0495. The molecule has 0 saturated carbocycles. The summed E-state index contributed by atoms with van der Waals surface area (Å²) in [6.07, 6.45) is 1.22. The second kappa shape index (κ2) is 7.54. The van der Waals surface area contributed by atoms with Crippen LogP contribution in [0.3, 0.4) is 0 Å². The van der Waals surface area contributed by atoms with E-state index in [0.29, 0.717) is 38.0 Å². The van der Waals surface area contributed by atoms with E-state index in [1.165, 1.54) is 30.3 Å². The molecule has 28 heavy (non-hydrogen) atoms. The number of thioether (sulfide) groups is 1. The van der Waals surface area contributed by atoms with Crippen molar-refractivity contribution < 1.29 is 18.4 Å². The largest absolute Gasteiger partial charge is 0.338 e. The zero-order valence-electron chi connectivity index (χ0n) is 15.2. The predicted octanol–water partition coefficient (Wildman–Crippen LogP) is 3.79. The average molecular weight is 402 g/mol. The Kier molecular flexibility index (Phi) is 5.10. The molecule has 146 valence electrons. The van der Waals surface area contributed by atoms with Crippen LogP contribution in [-0.2, 0) is 0 Å². The third-order valence-corrected chi connectivity index (χ3v) is 6.98. The van der Waals surface area contributed by atoms with E-state index in [2.05, 4.69) is 0 Å². The molecule has 0 bridgehead atoms. The standard InChI is InChI=1S/C21H20F2N2O2S/c22-16-5-3-4-15(14-16)19(26)24-10-8-21(9-11-24)25(12-13-28-21)20(27)17-6-1-2-7-18(17)23/h1-7,14H,8-13H2. The number of piperidine rings is 1. The highest BCUT2D eigenvalue weighted by Gasteiger charge is 2.47. The van der Waals surface area contributed by atoms with Gasteiger partial charge in [0.1, 0.15) is 11.6 Å². The van der Waals surface area contributed by atoms with Crippen LogP contribution in [0, 0.1) is 11.6 Å². The molecule has 1 spiro atoms. The summed E-state index contributed by atoms with van der Waals surface area (Å²) in [6, 6.07) is 11.7. The third-order valence-electron chi connectivity index (χ3n) is 5.43. The summed E-state index contributed by atoms with van der Waals surface area (Å²) in [5.41, 5.74) is 0.414. The maximum Gasteiger partial charge on any atom is 0.257 e. The zero-order chi connectivity index (χ0) is 19.7. The highest BCUT2D eigenvalue weighted by Crippen LogP contribution is 2.44. The van der Waals surface area contributed by atoms with Crippen LogP contribution in [0.4, 0.5) is 8.78 Å². The van der Waals surface area contributed by atoms with E-state index in [0.717, 1.165) is 5.75 Å². The van der Waals surface area contributed by atoms with Gasteiger partial charge < -0.3 is 9.80 Å². The van der Waals surface area contributed by atoms with Gasteiger partial charge in [0, 0.05) is 31.0 Å². The van der Waals surface area contributed by atoms with Crippen molar-refractivity contribution in [1.29, 1.82) is 0 Å². The first-order chi connectivity index (χ1) is 13.5. The molecule has 0 atom stereocenters. The summed E-state index contributed by atoms with van der Waals surface area (Å²) >= 11 is 1.70. The second-order valence-electron chi connectivity index (χ2n) is 7.03. The van der Waals surface area contributed by atoms with Gasteiger partial charge in [0.25, 0.3) is 11.8 Å². The van der Waals surface area contributed by atoms with Crippen LogP contribution in [0.2, 0.25) is 0 Å². The Bertz CT molecular complexity index is 913. The SMILES string of the molecule is O=C(c1cccc(F)c1)N1CCC2(CC1)SCCN2C(=O)c1ccccc1F. The molecule has 2 aromatic rings. The van der Waals surface area contributed by atoms with E-state index in [4.69, 9.17) is 0 Å². The first-order valence-electron chi connectivity index (χ1n) is 9.25. The predicted molar refractivity (Wildman–Crippen MR) is 104 cm³/mol. The third kappa shape index (κ3) is 3.39. The van der Waals surface area contributed by atoms with Gasteiger partial charge in [-0.05, 0) is 43.2 Å². The van der Waals surface area contributed by atoms with Gasteiger partial charge in [-0.15, -0.1) is 11.8 Å². The topological polar surface area (TPSA) is 40.6 Å². The van der Waals surface area contributed by atoms with E-state index in [9.17, 15) is 18.4 Å². The second-order valence-corrected chi connectivity index (χ2v) is 8.49. The minimum Gasteiger partial charge on any atom is -0.338 e. The lowest BCUT2D eigenvalue weighted by atomic mass is 10.00. The van der Waals surface area contributed by atoms with Gasteiger partial charge in [0.05, 0.1) is 10.4 Å². The molecule has 7 heteroatoms. The van der Waals surface area contributed by atoms with Crippen LogP contribution in [0.15, 0.2) is 48.5 Å². The first-order valence-corrected chi connectivity index (χ1v) is 10.2. The van der Waals surface area contributed by atoms with Gasteiger partial charge in [-0.2, -0.15) is 0 Å². The summed E-state index contributed by atoms with van der Waals surface area (Å²) in [4.78, 5) is 28.7. The lowest BCUT2D eigenvalue weighted by Gasteiger charge is -2.44. The van der Waals surface area contributed by atoms with Crippen molar-refractivity contribution in [3.05, 3.63) is 71.3 Å². The average Bonchev–Trinajstić information content (AvgIpc) is 3.11. The van der Waals surface area contributed by atoms with Crippen LogP contribution >= 0.6 is 11.8 Å². The molecule has 2 amide bonds. The molecule has 4 nitrogen and oxygen atoms in total. The molecule has 2 aromatic carbocycles. The van der Waals surface area contributed by atoms with E-state index >= 15 is 0 Å². The first kappa shape index (κ1) is 18.9. The minimum atomic E-state index is -0.515. The van der Waals surface area contributed by atoms with Gasteiger partial charge in [-0.25, -0.2) is 8.78 Å². The fourth-order valence-corrected chi connectivity index (χ4v) is 5.41. The number of nitrogens with zero attached hydrogens (tertiary/aromatic N) is 2. The molecule has 2 aliphatic heterocycles. The van der Waals surface area contributed by atoms with Crippen LogP contribution in [0.25, 0.3) is 0 Å². The fourth-order valence-electron chi connectivity index (χ4n) is 3.95. The number of amides is 2. The zero-order valence-corrected chi connectivity index (χ0v) is 16.1. The molecule has 0 unspecified atom stereocenters. The van der Waals surface area contributed by atoms with E-state index in [-0.39, 0.29) is 17.4 Å². The van der Waals surface area contributed by atoms with E-state index < -0.39 is 16.5 Å². The molecule has 2 saturated heterocycles. The van der Waals surface area contributed by atoms with Crippen molar-refractivity contribution in [2.75, 3.05) is 25.4 Å². The highest BCUT2D eigenvalue weighted by atomic mass is 32.2. The number of halogens is 2. The molecular formula is C21H20F2N2O2S. The number of rotatable bonds is 2. The summed E-state index contributed by atoms with van der Waals surface area (Å²) in [5.74, 6) is -0.666. The van der Waals surface area contributed by atoms with Crippen molar-refractivity contribution in [2.24, 2.45) is 0 Å². The van der Waals surface area contributed by atoms with Gasteiger partial charge >= 0.3 is 0 Å². The summed E-state index contributed by atoms with van der Waals surface area (Å²) in [6.45, 7) is 1.52. The number of hydrogen-bond acceptors (Lipinski definition) is 3. The Morgan fingerprint density at radius 1 is 0.929 bits per heavy atom. The van der Waals surface area contributed by atoms with E-state index in [1.807, 2.05) is 0 Å². The van der Waals surface area contributed by atoms with Gasteiger partial charge in [0.2, 0.25) is 0 Å². The van der Waals surface area contributed by atoms with Crippen LogP contribution < -0.4 is 0 Å². The number of carbonyl (C=O) groups is 2. The summed E-state index contributed by atoms with van der Waals surface area (Å²) in [7, 11) is 0. The molecule has 4 rings (SSSR count). The molecule has 2 heterocycles. The Balaban J connectivity index is 1.49. The summed E-state index contributed by atoms with van der Waals surface area (Å²) in [5, 5.41) is 0. The molecule has 0 radical (unpaired) electrons. The molecular weight excluding hydrogens is 382 g/mol. The van der Waals surface area contributed by atoms with Crippen molar-refractivity contribution in [1.82, 2.24) is 9.80 Å². The highest BCUT2D eigenvalue weighted by molar-refractivity contribution is 8.00. The lowest BCUT2D eigenvalue weighted by Crippen LogP contribution is -2.53. The van der Waals surface area contributed by atoms with Crippen molar-refractivity contribution >= 4 is 23.6 Å². The summed E-state index contributed by atoms with van der Waals surface area (Å²) < 4.78 is 27.5. The van der Waals surface area contributed by atoms with Crippen LogP contribution in [0.1, 0.15) is 33.6 Å². The Morgan fingerprint density at radius 3 is 2.39 bits per heavy atom. The minimum absolute atomic E-state index is 0.0858. The van der Waals surface area contributed by atoms with Crippen molar-refractivity contribution in [2.45, 2.75) is 17.7 Å². The molecule has 0 aliphatic carbocycles. The van der Waals surface area contributed by atoms with Crippen molar-refractivity contribution in [3.8, 4) is 0 Å². The molecule has 0 N–H and O–H groups in total. The Hall–Kier alpha value is -2.41. The Morgan fingerprint density at radius 2 is 1.68 bits per heavy atom. The number of carbonyl (C=O) groups excluding carboxylic acids is 2. The number of benzene rings is 2. The monoisotopic (exact) mass is 402 g/mol. The van der Waals surface area contributed by atoms with Gasteiger partial charge in [-0.1, -0.05) is 18.2 Å². The maximum absolute atomic E-state index is 14.1. The quantitative estimate of drug-likeness (QED) is 0.768. The smallest absolute Gasteiger partial charge is 0.257 e. The maximum atomic E-state index is 14.1. The molecule has 2 aliphatic rings. The number of likely N-dealkylation sites (tertiary alicyclic amines) is 1. The molecule has 2 fully saturated rings. The van der Waals surface area contributed by atoms with Crippen molar-refractivity contribution in [3.63, 3.8) is 0 Å². The Labute approximate surface area is 166 Å². The van der Waals surface area contributed by atoms with Crippen LogP contribution in [0.5, 0.6) is 0 Å². The normalized spacial score (nSPS) is 18.5. The van der Waals surface area contributed by atoms with Gasteiger partial charge in [0.15, 0.2) is 0 Å². The van der Waals surface area contributed by atoms with Crippen LogP contribution in [-0.4, -0.2) is 51.9 Å². The fraction of sp³-hybridized carbons (Fsp3) is 0.333. The van der Waals surface area contributed by atoms with E-state index in [1.54, 1.807) is 39.8 Å². The number of hydrogen-bond donors (Lipinski definition) is 0. The van der Waals surface area contributed by atoms with Gasteiger partial charge in [-0.3, -0.25) is 9.59 Å². The molecule has 0 aromatic heterocycles.